The van der Waals surface area contributed by atoms with Gasteiger partial charge in [0.15, 0.2) is 11.8 Å². The number of benzene rings is 1. The lowest BCUT2D eigenvalue weighted by atomic mass is 10.2. The Hall–Kier alpha value is -2.59. The van der Waals surface area contributed by atoms with E-state index in [1.165, 1.54) is 19.4 Å². The number of ether oxygens (including phenoxy) is 2. The average molecular weight is 413 g/mol. The lowest BCUT2D eigenvalue weighted by molar-refractivity contribution is -0.153. The normalized spacial score (nSPS) is 13.1. The van der Waals surface area contributed by atoms with Crippen molar-refractivity contribution in [3.63, 3.8) is 0 Å². The van der Waals surface area contributed by atoms with E-state index in [2.05, 4.69) is 15.0 Å². The number of pyridine rings is 1. The molecule has 3 rings (SSSR count). The molecule has 0 bridgehead atoms. The van der Waals surface area contributed by atoms with E-state index >= 15 is 0 Å². The minimum Gasteiger partial charge on any atom is -0.497 e. The number of imidazole rings is 1. The van der Waals surface area contributed by atoms with Gasteiger partial charge in [-0.05, 0) is 25.1 Å². The fraction of sp³-hybridized carbons (Fsp3) is 0.278. The van der Waals surface area contributed by atoms with Crippen molar-refractivity contribution in [3.05, 3.63) is 41.7 Å². The summed E-state index contributed by atoms with van der Waals surface area (Å²) in [6.07, 6.45) is -3.02. The fourth-order valence-corrected chi connectivity index (χ4v) is 3.64. The molecule has 0 spiro atoms. The maximum atomic E-state index is 12.4. The minimum absolute atomic E-state index is 0.118. The van der Waals surface area contributed by atoms with Crippen LogP contribution in [-0.4, -0.2) is 47.3 Å². The summed E-state index contributed by atoms with van der Waals surface area (Å²) in [4.78, 5) is 11.9. The average Bonchev–Trinajstić information content (AvgIpc) is 3.08. The monoisotopic (exact) mass is 413 g/mol. The molecule has 2 heterocycles. The van der Waals surface area contributed by atoms with Crippen LogP contribution in [0.15, 0.2) is 35.6 Å². The van der Waals surface area contributed by atoms with E-state index in [-0.39, 0.29) is 5.75 Å². The van der Waals surface area contributed by atoms with Crippen molar-refractivity contribution in [2.45, 2.75) is 18.3 Å². The highest BCUT2D eigenvalue weighted by atomic mass is 32.2. The first-order chi connectivity index (χ1) is 13.3. The zero-order chi connectivity index (χ0) is 20.3. The minimum atomic E-state index is -4.41. The molecule has 150 valence electrons. The maximum Gasteiger partial charge on any atom is 0.422 e. The quantitative estimate of drug-likeness (QED) is 0.612. The second-order valence-corrected chi connectivity index (χ2v) is 7.28. The zero-order valence-electron chi connectivity index (χ0n) is 15.3. The summed E-state index contributed by atoms with van der Waals surface area (Å²) in [5.74, 6) is 0.809. The molecule has 1 aromatic carbocycles. The molecule has 1 unspecified atom stereocenters. The van der Waals surface area contributed by atoms with Gasteiger partial charge >= 0.3 is 6.18 Å². The van der Waals surface area contributed by atoms with E-state index in [9.17, 15) is 13.2 Å². The number of aromatic nitrogens is 3. The summed E-state index contributed by atoms with van der Waals surface area (Å²) in [7, 11) is 2.20. The van der Waals surface area contributed by atoms with Crippen molar-refractivity contribution in [1.82, 2.24) is 15.0 Å². The fourth-order valence-electron chi connectivity index (χ4n) is 2.44. The van der Waals surface area contributed by atoms with Crippen molar-refractivity contribution in [3.8, 4) is 11.5 Å². The topological polar surface area (TPSA) is 69.3 Å². The van der Waals surface area contributed by atoms with Gasteiger partial charge in [-0.15, -0.1) is 0 Å². The van der Waals surface area contributed by atoms with Gasteiger partial charge in [-0.1, -0.05) is 0 Å². The van der Waals surface area contributed by atoms with Gasteiger partial charge in [0.2, 0.25) is 0 Å². The van der Waals surface area contributed by atoms with Crippen LogP contribution in [0, 0.1) is 6.92 Å². The van der Waals surface area contributed by atoms with Crippen LogP contribution in [0.3, 0.4) is 0 Å². The largest absolute Gasteiger partial charge is 0.497 e. The SMILES string of the molecule is COc1ccc2nc(/S(=C/c3nccc(OCC(F)(F)F)c3C)OC)[nH]c2c1. The zero-order valence-corrected chi connectivity index (χ0v) is 16.1. The molecule has 2 aromatic heterocycles. The smallest absolute Gasteiger partial charge is 0.422 e. The molecule has 1 atom stereocenters. The maximum absolute atomic E-state index is 12.4. The third-order valence-electron chi connectivity index (χ3n) is 3.84. The molecule has 0 radical (unpaired) electrons. The third kappa shape index (κ3) is 4.63. The van der Waals surface area contributed by atoms with Crippen LogP contribution in [0.5, 0.6) is 11.5 Å². The molecule has 10 heteroatoms. The van der Waals surface area contributed by atoms with Gasteiger partial charge in [0.25, 0.3) is 0 Å². The highest BCUT2D eigenvalue weighted by molar-refractivity contribution is 8.10. The van der Waals surface area contributed by atoms with Gasteiger partial charge in [0, 0.05) is 34.0 Å². The Bertz CT molecular complexity index is 1020. The molecule has 0 aliphatic heterocycles. The Balaban J connectivity index is 1.94. The number of nitrogens with one attached hydrogen (secondary N) is 1. The third-order valence-corrected chi connectivity index (χ3v) is 5.21. The summed E-state index contributed by atoms with van der Waals surface area (Å²) >= 11 is 0. The number of methoxy groups -OCH3 is 1. The van der Waals surface area contributed by atoms with E-state index in [1.54, 1.807) is 25.5 Å². The molecule has 0 saturated heterocycles. The summed E-state index contributed by atoms with van der Waals surface area (Å²) in [6.45, 7) is 0.282. The first kappa shape index (κ1) is 20.2. The second-order valence-electron chi connectivity index (χ2n) is 5.73. The van der Waals surface area contributed by atoms with Gasteiger partial charge in [-0.2, -0.15) is 13.2 Å². The molecule has 0 fully saturated rings. The highest BCUT2D eigenvalue weighted by Crippen LogP contribution is 2.30. The van der Waals surface area contributed by atoms with Crippen molar-refractivity contribution in [1.29, 1.82) is 0 Å². The molecule has 1 N–H and O–H groups in total. The number of hydrogen-bond donors (Lipinski definition) is 1. The Kier molecular flexibility index (Phi) is 5.90. The van der Waals surface area contributed by atoms with E-state index < -0.39 is 23.5 Å². The predicted molar refractivity (Wildman–Crippen MR) is 101 cm³/mol. The van der Waals surface area contributed by atoms with Gasteiger partial charge in [-0.25, -0.2) is 4.98 Å². The Labute approximate surface area is 161 Å². The number of halogens is 3. The predicted octanol–water partition coefficient (Wildman–Crippen LogP) is 4.26. The first-order valence-corrected chi connectivity index (χ1v) is 9.33. The number of nitrogens with zero attached hydrogens (tertiary/aromatic N) is 2. The van der Waals surface area contributed by atoms with Gasteiger partial charge in [0.05, 0.1) is 30.9 Å². The van der Waals surface area contributed by atoms with Crippen LogP contribution in [-0.2, 0) is 4.18 Å². The Morgan fingerprint density at radius 2 is 2.00 bits per heavy atom. The molecular formula is C18H18F3N3O3S. The van der Waals surface area contributed by atoms with Crippen LogP contribution in [0.1, 0.15) is 11.3 Å². The Morgan fingerprint density at radius 1 is 1.21 bits per heavy atom. The van der Waals surface area contributed by atoms with Crippen molar-refractivity contribution < 1.29 is 26.8 Å². The molecule has 3 aromatic rings. The van der Waals surface area contributed by atoms with E-state index in [1.807, 2.05) is 12.1 Å². The van der Waals surface area contributed by atoms with Crippen molar-refractivity contribution in [2.75, 3.05) is 20.8 Å². The molecule has 6 nitrogen and oxygen atoms in total. The molecule has 28 heavy (non-hydrogen) atoms. The number of hydrogen-bond acceptors (Lipinski definition) is 5. The number of H-pyrrole nitrogens is 1. The van der Waals surface area contributed by atoms with Crippen molar-refractivity contribution in [2.24, 2.45) is 0 Å². The first-order valence-electron chi connectivity index (χ1n) is 8.12. The molecule has 0 amide bonds. The van der Waals surface area contributed by atoms with Crippen LogP contribution >= 0.6 is 10.8 Å². The van der Waals surface area contributed by atoms with E-state index in [0.717, 1.165) is 11.0 Å². The lowest BCUT2D eigenvalue weighted by Crippen LogP contribution is -2.19. The lowest BCUT2D eigenvalue weighted by Gasteiger charge is -2.12. The number of aromatic amines is 1. The van der Waals surface area contributed by atoms with Crippen LogP contribution in [0.25, 0.3) is 11.0 Å². The molecule has 0 aliphatic carbocycles. The summed E-state index contributed by atoms with van der Waals surface area (Å²) in [6, 6.07) is 6.84. The summed E-state index contributed by atoms with van der Waals surface area (Å²) in [5, 5.41) is 2.26. The van der Waals surface area contributed by atoms with Crippen LogP contribution in [0.4, 0.5) is 13.2 Å². The van der Waals surface area contributed by atoms with E-state index in [0.29, 0.717) is 22.2 Å². The standard InChI is InChI=1S/C18H18F3N3O3S/c1-11-15(22-7-6-16(11)27-10-18(19,20)21)9-28(26-3)17-23-13-5-4-12(25-2)8-14(13)24-17/h4-9H,10H2,1-3H3,(H,23,24). The number of fused-ring (bicyclic) bond motifs is 1. The molecular weight excluding hydrogens is 395 g/mol. The second kappa shape index (κ2) is 8.19. The van der Waals surface area contributed by atoms with E-state index in [4.69, 9.17) is 13.7 Å². The molecule has 0 aliphatic rings. The van der Waals surface area contributed by atoms with Crippen LogP contribution < -0.4 is 9.47 Å². The summed E-state index contributed by atoms with van der Waals surface area (Å²) in [5.41, 5.74) is 2.47. The Morgan fingerprint density at radius 3 is 2.68 bits per heavy atom. The number of alkyl halides is 3. The van der Waals surface area contributed by atoms with Crippen LogP contribution in [0.2, 0.25) is 0 Å². The summed E-state index contributed by atoms with van der Waals surface area (Å²) < 4.78 is 52.9. The van der Waals surface area contributed by atoms with Crippen molar-refractivity contribution >= 4 is 27.2 Å². The molecule has 0 saturated carbocycles. The van der Waals surface area contributed by atoms with Gasteiger partial charge in [-0.3, -0.25) is 4.98 Å². The number of rotatable bonds is 6. The van der Waals surface area contributed by atoms with Gasteiger partial charge < -0.3 is 18.6 Å². The van der Waals surface area contributed by atoms with Gasteiger partial charge in [0.1, 0.15) is 11.5 Å². The highest BCUT2D eigenvalue weighted by Gasteiger charge is 2.28.